The van der Waals surface area contributed by atoms with Crippen LogP contribution >= 0.6 is 0 Å². The Morgan fingerprint density at radius 2 is 2.10 bits per heavy atom. The van der Waals surface area contributed by atoms with E-state index in [4.69, 9.17) is 9.15 Å². The zero-order valence-electron chi connectivity index (χ0n) is 16.7. The van der Waals surface area contributed by atoms with Gasteiger partial charge >= 0.3 is 6.03 Å². The summed E-state index contributed by atoms with van der Waals surface area (Å²) >= 11 is 0. The van der Waals surface area contributed by atoms with E-state index in [1.54, 1.807) is 6.07 Å². The third-order valence-corrected chi connectivity index (χ3v) is 6.53. The number of carbonyl (C=O) groups excluding carboxylic acids is 2. The molecule has 0 radical (unpaired) electrons. The van der Waals surface area contributed by atoms with Crippen molar-refractivity contribution in [2.24, 2.45) is 5.92 Å². The molecule has 29 heavy (non-hydrogen) atoms. The highest BCUT2D eigenvalue weighted by Crippen LogP contribution is 2.31. The monoisotopic (exact) mass is 427 g/mol. The fourth-order valence-electron chi connectivity index (χ4n) is 3.14. The van der Waals surface area contributed by atoms with Gasteiger partial charge in [0.15, 0.2) is 5.75 Å². The summed E-state index contributed by atoms with van der Waals surface area (Å²) in [4.78, 5) is 24.0. The van der Waals surface area contributed by atoms with Crippen molar-refractivity contribution in [3.8, 4) is 5.75 Å². The molecular weight excluding hydrogens is 398 g/mol. The van der Waals surface area contributed by atoms with Gasteiger partial charge in [0.1, 0.15) is 18.6 Å². The van der Waals surface area contributed by atoms with Crippen molar-refractivity contribution in [2.45, 2.75) is 51.5 Å². The molecule has 1 aromatic rings. The SMILES string of the molecule is CCC(NS(=O)(=O)CCCCCN1CC(=O)NC1=O)c1cc(OCC2CC2)co1. The molecule has 1 aromatic heterocycles. The number of rotatable bonds is 13. The van der Waals surface area contributed by atoms with E-state index >= 15 is 0 Å². The largest absolute Gasteiger partial charge is 0.490 e. The molecule has 1 atom stereocenters. The molecule has 10 heteroatoms. The molecule has 3 amide bonds. The van der Waals surface area contributed by atoms with E-state index in [1.807, 2.05) is 6.92 Å². The van der Waals surface area contributed by atoms with Crippen molar-refractivity contribution in [3.63, 3.8) is 0 Å². The number of nitrogens with zero attached hydrogens (tertiary/aromatic N) is 1. The first-order valence-electron chi connectivity index (χ1n) is 10.2. The van der Waals surface area contributed by atoms with Crippen LogP contribution in [0.4, 0.5) is 4.79 Å². The average molecular weight is 428 g/mol. The number of nitrogens with one attached hydrogen (secondary N) is 2. The molecule has 9 nitrogen and oxygen atoms in total. The molecule has 2 N–H and O–H groups in total. The molecule has 0 spiro atoms. The van der Waals surface area contributed by atoms with Crippen LogP contribution in [0.1, 0.15) is 57.3 Å². The molecule has 2 aliphatic rings. The van der Waals surface area contributed by atoms with E-state index < -0.39 is 16.1 Å². The molecule has 0 aromatic carbocycles. The van der Waals surface area contributed by atoms with Gasteiger partial charge in [0.25, 0.3) is 0 Å². The number of carbonyl (C=O) groups is 2. The van der Waals surface area contributed by atoms with Gasteiger partial charge in [-0.3, -0.25) is 10.1 Å². The number of hydrogen-bond acceptors (Lipinski definition) is 6. The van der Waals surface area contributed by atoms with Gasteiger partial charge in [-0.05, 0) is 38.0 Å². The van der Waals surface area contributed by atoms with Crippen molar-refractivity contribution in [1.29, 1.82) is 0 Å². The first kappa shape index (κ1) is 21.6. The molecule has 1 unspecified atom stereocenters. The van der Waals surface area contributed by atoms with Gasteiger partial charge in [0.05, 0.1) is 18.4 Å². The van der Waals surface area contributed by atoms with E-state index in [-0.39, 0.29) is 24.2 Å². The number of ether oxygens (including phenoxy) is 1. The summed E-state index contributed by atoms with van der Waals surface area (Å²) in [7, 11) is -3.46. The fourth-order valence-corrected chi connectivity index (χ4v) is 4.56. The second-order valence-corrected chi connectivity index (χ2v) is 9.55. The summed E-state index contributed by atoms with van der Waals surface area (Å²) in [6, 6.07) is 0.938. The van der Waals surface area contributed by atoms with E-state index in [0.717, 1.165) is 0 Å². The van der Waals surface area contributed by atoms with Crippen molar-refractivity contribution >= 4 is 22.0 Å². The van der Waals surface area contributed by atoms with Crippen molar-refractivity contribution in [2.75, 3.05) is 25.4 Å². The number of sulfonamides is 1. The zero-order chi connectivity index (χ0) is 20.9. The minimum atomic E-state index is -3.46. The van der Waals surface area contributed by atoms with Gasteiger partial charge in [-0.25, -0.2) is 17.9 Å². The normalized spacial score (nSPS) is 18.2. The average Bonchev–Trinajstić information content (AvgIpc) is 3.29. The maximum Gasteiger partial charge on any atom is 0.324 e. The number of unbranched alkanes of at least 4 members (excludes halogenated alkanes) is 2. The molecule has 0 bridgehead atoms. The number of urea groups is 1. The Morgan fingerprint density at radius 1 is 1.31 bits per heavy atom. The highest BCUT2D eigenvalue weighted by molar-refractivity contribution is 7.89. The van der Waals surface area contributed by atoms with Gasteiger partial charge < -0.3 is 14.1 Å². The van der Waals surface area contributed by atoms with Crippen molar-refractivity contribution in [3.05, 3.63) is 18.1 Å². The summed E-state index contributed by atoms with van der Waals surface area (Å²) in [5.41, 5.74) is 0. The predicted molar refractivity (Wildman–Crippen MR) is 106 cm³/mol. The van der Waals surface area contributed by atoms with Crippen LogP contribution in [0.25, 0.3) is 0 Å². The van der Waals surface area contributed by atoms with Crippen LogP contribution in [-0.2, 0) is 14.8 Å². The summed E-state index contributed by atoms with van der Waals surface area (Å²) in [5, 5.41) is 2.22. The van der Waals surface area contributed by atoms with Crippen molar-refractivity contribution < 1.29 is 27.2 Å². The topological polar surface area (TPSA) is 118 Å². The van der Waals surface area contributed by atoms with Crippen LogP contribution in [0.3, 0.4) is 0 Å². The Bertz CT molecular complexity index is 818. The van der Waals surface area contributed by atoms with Gasteiger partial charge in [-0.2, -0.15) is 0 Å². The molecule has 162 valence electrons. The smallest absolute Gasteiger partial charge is 0.324 e. The quantitative estimate of drug-likeness (QED) is 0.368. The highest BCUT2D eigenvalue weighted by atomic mass is 32.2. The van der Waals surface area contributed by atoms with E-state index in [1.165, 1.54) is 24.0 Å². The second kappa shape index (κ2) is 9.62. The maximum absolute atomic E-state index is 12.4. The van der Waals surface area contributed by atoms with Crippen LogP contribution < -0.4 is 14.8 Å². The third kappa shape index (κ3) is 6.74. The summed E-state index contributed by atoms with van der Waals surface area (Å²) in [6.07, 6.45) is 6.25. The van der Waals surface area contributed by atoms with E-state index in [2.05, 4.69) is 10.0 Å². The van der Waals surface area contributed by atoms with E-state index in [9.17, 15) is 18.0 Å². The van der Waals surface area contributed by atoms with Gasteiger partial charge in [-0.1, -0.05) is 13.3 Å². The molecule has 2 heterocycles. The van der Waals surface area contributed by atoms with Crippen LogP contribution in [-0.4, -0.2) is 50.7 Å². The van der Waals surface area contributed by atoms with Crippen molar-refractivity contribution in [1.82, 2.24) is 14.9 Å². The molecule has 1 saturated heterocycles. The Morgan fingerprint density at radius 3 is 2.76 bits per heavy atom. The number of amides is 3. The Kier molecular flexibility index (Phi) is 7.18. The molecule has 3 rings (SSSR count). The number of furan rings is 1. The molecular formula is C19H29N3O6S. The second-order valence-electron chi connectivity index (χ2n) is 7.67. The molecule has 1 aliphatic heterocycles. The van der Waals surface area contributed by atoms with Gasteiger partial charge in [0, 0.05) is 12.6 Å². The lowest BCUT2D eigenvalue weighted by molar-refractivity contribution is -0.118. The van der Waals surface area contributed by atoms with Crippen LogP contribution in [0, 0.1) is 5.92 Å². The minimum Gasteiger partial charge on any atom is -0.490 e. The first-order chi connectivity index (χ1) is 13.9. The van der Waals surface area contributed by atoms with Crippen LogP contribution in [0.15, 0.2) is 16.7 Å². The first-order valence-corrected chi connectivity index (χ1v) is 11.8. The van der Waals surface area contributed by atoms with E-state index in [0.29, 0.717) is 56.3 Å². The Hall–Kier alpha value is -2.07. The summed E-state index contributed by atoms with van der Waals surface area (Å²) in [6.45, 7) is 3.09. The lowest BCUT2D eigenvalue weighted by Gasteiger charge is -2.15. The Labute approximate surface area is 171 Å². The Balaban J connectivity index is 1.39. The van der Waals surface area contributed by atoms with Crippen LogP contribution in [0.2, 0.25) is 0 Å². The predicted octanol–water partition coefficient (Wildman–Crippen LogP) is 2.16. The highest BCUT2D eigenvalue weighted by Gasteiger charge is 2.26. The number of hydrogen-bond donors (Lipinski definition) is 2. The van der Waals surface area contributed by atoms with Crippen LogP contribution in [0.5, 0.6) is 5.75 Å². The van der Waals surface area contributed by atoms with Gasteiger partial charge in [-0.15, -0.1) is 0 Å². The fraction of sp³-hybridized carbons (Fsp3) is 0.684. The summed E-state index contributed by atoms with van der Waals surface area (Å²) < 4.78 is 38.7. The third-order valence-electron chi connectivity index (χ3n) is 5.06. The maximum atomic E-state index is 12.4. The molecule has 2 fully saturated rings. The lowest BCUT2D eigenvalue weighted by atomic mass is 10.2. The summed E-state index contributed by atoms with van der Waals surface area (Å²) in [5.74, 6) is 1.52. The lowest BCUT2D eigenvalue weighted by Crippen LogP contribution is -2.30. The molecule has 1 aliphatic carbocycles. The zero-order valence-corrected chi connectivity index (χ0v) is 17.5. The standard InChI is InChI=1S/C19H29N3O6S/c1-2-16(17-10-15(13-28-17)27-12-14-6-7-14)21-29(25,26)9-5-3-4-8-22-11-18(23)20-19(22)24/h10,13-14,16,21H,2-9,11-12H2,1H3,(H,20,23,24). The minimum absolute atomic E-state index is 0.000370. The number of imide groups is 1. The molecule has 1 saturated carbocycles. The van der Waals surface area contributed by atoms with Gasteiger partial charge in [0.2, 0.25) is 15.9 Å².